The van der Waals surface area contributed by atoms with Crippen molar-refractivity contribution in [1.29, 1.82) is 0 Å². The zero-order valence-corrected chi connectivity index (χ0v) is 11.2. The summed E-state index contributed by atoms with van der Waals surface area (Å²) in [5, 5.41) is 8.77. The lowest BCUT2D eigenvalue weighted by Crippen LogP contribution is -2.23. The van der Waals surface area contributed by atoms with Crippen molar-refractivity contribution in [2.24, 2.45) is 0 Å². The molecule has 2 aromatic rings. The molecule has 6 heteroatoms. The van der Waals surface area contributed by atoms with E-state index in [0.717, 1.165) is 11.3 Å². The maximum Gasteiger partial charge on any atom is 0.324 e. The Hall–Kier alpha value is -2.76. The molecular weight excluding hydrogens is 258 g/mol. The summed E-state index contributed by atoms with van der Waals surface area (Å²) in [6.07, 6.45) is 3.27. The van der Waals surface area contributed by atoms with Crippen LogP contribution in [0.4, 0.5) is 10.6 Å². The highest BCUT2D eigenvalue weighted by molar-refractivity contribution is 5.89. The number of hydrogen-bond acceptors (Lipinski definition) is 4. The molecule has 0 aliphatic heterocycles. The number of carbonyl (C=O) groups is 1. The number of rotatable bonds is 4. The summed E-state index contributed by atoms with van der Waals surface area (Å²) in [7, 11) is 1.60. The van der Waals surface area contributed by atoms with Crippen LogP contribution in [-0.2, 0) is 0 Å². The van der Waals surface area contributed by atoms with Crippen molar-refractivity contribution >= 4 is 17.9 Å². The summed E-state index contributed by atoms with van der Waals surface area (Å²) in [5.41, 5.74) is 0.868. The minimum absolute atomic E-state index is 0.366. The summed E-state index contributed by atoms with van der Waals surface area (Å²) in [6.45, 7) is 1.75. The van der Waals surface area contributed by atoms with Gasteiger partial charge in [0.25, 0.3) is 0 Å². The molecule has 1 heterocycles. The van der Waals surface area contributed by atoms with Gasteiger partial charge in [-0.3, -0.25) is 5.32 Å². The second kappa shape index (κ2) is 6.42. The third-order valence-corrected chi connectivity index (χ3v) is 2.49. The van der Waals surface area contributed by atoms with E-state index in [-0.39, 0.29) is 0 Å². The van der Waals surface area contributed by atoms with Crippen molar-refractivity contribution in [1.82, 2.24) is 10.5 Å². The van der Waals surface area contributed by atoms with Crippen LogP contribution in [0.1, 0.15) is 11.3 Å². The molecule has 2 N–H and O–H groups in total. The van der Waals surface area contributed by atoms with E-state index in [1.807, 2.05) is 24.3 Å². The van der Waals surface area contributed by atoms with Gasteiger partial charge in [0.2, 0.25) is 0 Å². The molecule has 0 saturated carbocycles. The van der Waals surface area contributed by atoms with Crippen molar-refractivity contribution < 1.29 is 14.1 Å². The molecule has 2 rings (SSSR count). The van der Waals surface area contributed by atoms with Crippen LogP contribution in [0.15, 0.2) is 41.1 Å². The molecule has 0 unspecified atom stereocenters. The summed E-state index contributed by atoms with van der Waals surface area (Å²) in [4.78, 5) is 11.6. The smallest absolute Gasteiger partial charge is 0.324 e. The van der Waals surface area contributed by atoms with Crippen LogP contribution in [0.5, 0.6) is 5.75 Å². The molecule has 2 amide bonds. The first-order valence-corrected chi connectivity index (χ1v) is 5.99. The number of nitrogens with zero attached hydrogens (tertiary/aromatic N) is 1. The van der Waals surface area contributed by atoms with E-state index >= 15 is 0 Å². The number of urea groups is 1. The van der Waals surface area contributed by atoms with Gasteiger partial charge >= 0.3 is 6.03 Å². The minimum atomic E-state index is -0.399. The molecule has 0 aliphatic carbocycles. The topological polar surface area (TPSA) is 76.4 Å². The van der Waals surface area contributed by atoms with E-state index in [1.165, 1.54) is 6.20 Å². The van der Waals surface area contributed by atoms with Crippen molar-refractivity contribution in [2.75, 3.05) is 12.4 Å². The number of benzene rings is 1. The van der Waals surface area contributed by atoms with Gasteiger partial charge in [-0.05, 0) is 19.1 Å². The molecule has 0 saturated heterocycles. The summed E-state index contributed by atoms with van der Waals surface area (Å²) < 4.78 is 10.0. The van der Waals surface area contributed by atoms with Crippen LogP contribution in [0.2, 0.25) is 0 Å². The number of anilines is 1. The third-order valence-electron chi connectivity index (χ3n) is 2.49. The first kappa shape index (κ1) is 13.7. The van der Waals surface area contributed by atoms with Gasteiger partial charge in [0.1, 0.15) is 11.5 Å². The Morgan fingerprint density at radius 3 is 2.90 bits per heavy atom. The molecule has 1 aromatic heterocycles. The number of carbonyl (C=O) groups excluding carboxylic acids is 1. The minimum Gasteiger partial charge on any atom is -0.496 e. The predicted molar refractivity (Wildman–Crippen MR) is 75.4 cm³/mol. The van der Waals surface area contributed by atoms with Crippen LogP contribution >= 0.6 is 0 Å². The number of methoxy groups -OCH3 is 1. The second-order valence-corrected chi connectivity index (χ2v) is 4.00. The van der Waals surface area contributed by atoms with Gasteiger partial charge in [0.05, 0.1) is 7.11 Å². The Kier molecular flexibility index (Phi) is 4.39. The maximum atomic E-state index is 11.6. The van der Waals surface area contributed by atoms with Crippen molar-refractivity contribution in [3.05, 3.63) is 47.9 Å². The maximum absolute atomic E-state index is 11.6. The van der Waals surface area contributed by atoms with Gasteiger partial charge in [-0.15, -0.1) is 0 Å². The number of hydrogen-bond donors (Lipinski definition) is 2. The van der Waals surface area contributed by atoms with E-state index in [1.54, 1.807) is 26.2 Å². The SMILES string of the molecule is COc1ccccc1/C=C/NC(=O)Nc1cc(C)on1. The van der Waals surface area contributed by atoms with E-state index < -0.39 is 6.03 Å². The van der Waals surface area contributed by atoms with E-state index in [0.29, 0.717) is 11.6 Å². The Bertz CT molecular complexity index is 620. The summed E-state index contributed by atoms with van der Waals surface area (Å²) in [5.74, 6) is 1.73. The molecule has 0 spiro atoms. The quantitative estimate of drug-likeness (QED) is 0.898. The van der Waals surface area contributed by atoms with E-state index in [2.05, 4.69) is 15.8 Å². The first-order valence-electron chi connectivity index (χ1n) is 5.99. The monoisotopic (exact) mass is 273 g/mol. The van der Waals surface area contributed by atoms with Crippen molar-refractivity contribution in [3.8, 4) is 5.75 Å². The third kappa shape index (κ3) is 3.61. The molecule has 104 valence electrons. The first-order chi connectivity index (χ1) is 9.69. The van der Waals surface area contributed by atoms with Crippen LogP contribution in [0, 0.1) is 6.92 Å². The Morgan fingerprint density at radius 1 is 1.40 bits per heavy atom. The fraction of sp³-hybridized carbons (Fsp3) is 0.143. The molecule has 0 radical (unpaired) electrons. The molecule has 20 heavy (non-hydrogen) atoms. The van der Waals surface area contributed by atoms with Crippen molar-refractivity contribution in [3.63, 3.8) is 0 Å². The number of ether oxygens (including phenoxy) is 1. The van der Waals surface area contributed by atoms with Gasteiger partial charge in [-0.25, -0.2) is 4.79 Å². The second-order valence-electron chi connectivity index (χ2n) is 4.00. The molecule has 0 fully saturated rings. The number of para-hydroxylation sites is 1. The van der Waals surface area contributed by atoms with Gasteiger partial charge in [-0.2, -0.15) is 0 Å². The van der Waals surface area contributed by atoms with Crippen molar-refractivity contribution in [2.45, 2.75) is 6.92 Å². The largest absolute Gasteiger partial charge is 0.496 e. The number of nitrogens with one attached hydrogen (secondary N) is 2. The lowest BCUT2D eigenvalue weighted by molar-refractivity contribution is 0.255. The van der Waals surface area contributed by atoms with Gasteiger partial charge in [0, 0.05) is 17.8 Å². The fourth-order valence-electron chi connectivity index (χ4n) is 1.59. The number of amides is 2. The molecule has 0 bridgehead atoms. The molecule has 0 aliphatic rings. The van der Waals surface area contributed by atoms with Crippen LogP contribution in [0.3, 0.4) is 0 Å². The average Bonchev–Trinajstić information content (AvgIpc) is 2.84. The highest BCUT2D eigenvalue weighted by Gasteiger charge is 2.03. The molecule has 0 atom stereocenters. The zero-order valence-electron chi connectivity index (χ0n) is 11.2. The fourth-order valence-corrected chi connectivity index (χ4v) is 1.59. The standard InChI is InChI=1S/C14H15N3O3/c1-10-9-13(17-20-10)16-14(18)15-8-7-11-5-3-4-6-12(11)19-2/h3-9H,1-2H3,(H2,15,16,17,18)/b8-7+. The van der Waals surface area contributed by atoms with Crippen LogP contribution in [-0.4, -0.2) is 18.3 Å². The highest BCUT2D eigenvalue weighted by atomic mass is 16.5. The van der Waals surface area contributed by atoms with Gasteiger partial charge < -0.3 is 14.6 Å². The molecule has 1 aromatic carbocycles. The summed E-state index contributed by atoms with van der Waals surface area (Å²) >= 11 is 0. The highest BCUT2D eigenvalue weighted by Crippen LogP contribution is 2.18. The van der Waals surface area contributed by atoms with E-state index in [4.69, 9.17) is 9.26 Å². The Balaban J connectivity index is 1.91. The normalized spacial score (nSPS) is 10.5. The lowest BCUT2D eigenvalue weighted by Gasteiger charge is -2.03. The predicted octanol–water partition coefficient (Wildman–Crippen LogP) is 2.78. The number of aromatic nitrogens is 1. The van der Waals surface area contributed by atoms with E-state index in [9.17, 15) is 4.79 Å². The Labute approximate surface area is 116 Å². The van der Waals surface area contributed by atoms with Gasteiger partial charge in [0.15, 0.2) is 5.82 Å². The van der Waals surface area contributed by atoms with Crippen LogP contribution < -0.4 is 15.4 Å². The average molecular weight is 273 g/mol. The number of aryl methyl sites for hydroxylation is 1. The lowest BCUT2D eigenvalue weighted by atomic mass is 10.2. The zero-order chi connectivity index (χ0) is 14.4. The molecule has 6 nitrogen and oxygen atoms in total. The van der Waals surface area contributed by atoms with Gasteiger partial charge in [-0.1, -0.05) is 23.4 Å². The summed E-state index contributed by atoms with van der Waals surface area (Å²) in [6, 6.07) is 8.73. The molecular formula is C14H15N3O3. The Morgan fingerprint density at radius 2 is 2.20 bits per heavy atom. The van der Waals surface area contributed by atoms with Crippen LogP contribution in [0.25, 0.3) is 6.08 Å².